The number of aromatic hydroxyl groups is 1. The largest absolute Gasteiger partial charge is 0.508 e. The lowest BCUT2D eigenvalue weighted by Crippen LogP contribution is -2.41. The van der Waals surface area contributed by atoms with E-state index in [2.05, 4.69) is 5.32 Å². The molecule has 2 atom stereocenters. The monoisotopic (exact) mass is 323 g/mol. The van der Waals surface area contributed by atoms with Crippen LogP contribution in [0.3, 0.4) is 0 Å². The second-order valence-electron chi connectivity index (χ2n) is 6.69. The van der Waals surface area contributed by atoms with E-state index in [1.807, 2.05) is 0 Å². The lowest BCUT2D eigenvalue weighted by molar-refractivity contribution is -0.141. The summed E-state index contributed by atoms with van der Waals surface area (Å²) in [5.74, 6) is -1.34. The summed E-state index contributed by atoms with van der Waals surface area (Å²) in [6.07, 6.45) is 0.172. The molecule has 6 nitrogen and oxygen atoms in total. The molecule has 1 aromatic rings. The molecule has 1 amide bonds. The van der Waals surface area contributed by atoms with Gasteiger partial charge in [-0.1, -0.05) is 19.1 Å². The van der Waals surface area contributed by atoms with Crippen molar-refractivity contribution < 1.29 is 24.5 Å². The quantitative estimate of drug-likeness (QED) is 0.748. The highest BCUT2D eigenvalue weighted by atomic mass is 16.6. The smallest absolute Gasteiger partial charge is 0.407 e. The fraction of sp³-hybridized carbons (Fsp3) is 0.529. The molecule has 0 aliphatic heterocycles. The first kappa shape index (κ1) is 18.8. The molecule has 0 radical (unpaired) electrons. The molecule has 128 valence electrons. The van der Waals surface area contributed by atoms with Gasteiger partial charge in [0.2, 0.25) is 0 Å². The number of nitrogens with one attached hydrogen (secondary N) is 1. The topological polar surface area (TPSA) is 95.9 Å². The molecule has 0 unspecified atom stereocenters. The van der Waals surface area contributed by atoms with Crippen LogP contribution in [-0.2, 0) is 16.0 Å². The molecule has 0 spiro atoms. The van der Waals surface area contributed by atoms with Crippen molar-refractivity contribution in [1.29, 1.82) is 0 Å². The van der Waals surface area contributed by atoms with Gasteiger partial charge in [0.05, 0.1) is 5.92 Å². The van der Waals surface area contributed by atoms with Gasteiger partial charge in [-0.25, -0.2) is 4.79 Å². The minimum absolute atomic E-state index is 0.157. The number of carboxylic acids is 1. The van der Waals surface area contributed by atoms with Crippen molar-refractivity contribution in [2.24, 2.45) is 5.92 Å². The van der Waals surface area contributed by atoms with Crippen molar-refractivity contribution >= 4 is 12.1 Å². The van der Waals surface area contributed by atoms with E-state index < -0.39 is 23.6 Å². The number of carbonyl (C=O) groups is 2. The number of hydrogen-bond donors (Lipinski definition) is 3. The van der Waals surface area contributed by atoms with Crippen LogP contribution >= 0.6 is 0 Å². The van der Waals surface area contributed by atoms with Crippen molar-refractivity contribution in [3.8, 4) is 5.75 Å². The number of carbonyl (C=O) groups excluding carboxylic acids is 1. The predicted octanol–water partition coefficient (Wildman–Crippen LogP) is 2.94. The Morgan fingerprint density at radius 2 is 1.78 bits per heavy atom. The van der Waals surface area contributed by atoms with E-state index in [1.165, 1.54) is 0 Å². The van der Waals surface area contributed by atoms with Crippen LogP contribution in [0.4, 0.5) is 4.79 Å². The minimum atomic E-state index is -0.910. The molecule has 0 aromatic heterocycles. The standard InChI is InChI=1S/C17H25NO5/c1-11(15(20)21)9-13(18-16(22)23-17(2,3)4)10-12-5-7-14(19)8-6-12/h5-8,11,13,19H,9-10H2,1-4H3,(H,18,22)(H,20,21)/t11-,13-/m1/s1. The van der Waals surface area contributed by atoms with E-state index in [0.29, 0.717) is 6.42 Å². The van der Waals surface area contributed by atoms with Gasteiger partial charge in [-0.05, 0) is 51.3 Å². The Balaban J connectivity index is 2.77. The zero-order chi connectivity index (χ0) is 17.6. The zero-order valence-electron chi connectivity index (χ0n) is 14.0. The average Bonchev–Trinajstić information content (AvgIpc) is 2.38. The van der Waals surface area contributed by atoms with Crippen LogP contribution in [0.1, 0.15) is 39.7 Å². The molecule has 3 N–H and O–H groups in total. The summed E-state index contributed by atoms with van der Waals surface area (Å²) in [5, 5.41) is 21.1. The van der Waals surface area contributed by atoms with Crippen LogP contribution in [0.15, 0.2) is 24.3 Å². The van der Waals surface area contributed by atoms with E-state index in [1.54, 1.807) is 52.0 Å². The maximum atomic E-state index is 11.9. The highest BCUT2D eigenvalue weighted by molar-refractivity contribution is 5.70. The van der Waals surface area contributed by atoms with E-state index in [9.17, 15) is 14.7 Å². The fourth-order valence-corrected chi connectivity index (χ4v) is 2.11. The van der Waals surface area contributed by atoms with Gasteiger partial charge < -0.3 is 20.3 Å². The van der Waals surface area contributed by atoms with Crippen molar-refractivity contribution in [1.82, 2.24) is 5.32 Å². The molecule has 0 saturated heterocycles. The normalized spacial score (nSPS) is 13.9. The van der Waals surface area contributed by atoms with Crippen LogP contribution in [0, 0.1) is 5.92 Å². The number of phenols is 1. The van der Waals surface area contributed by atoms with Gasteiger partial charge in [-0.3, -0.25) is 4.79 Å². The number of alkyl carbamates (subject to hydrolysis) is 1. The second-order valence-corrected chi connectivity index (χ2v) is 6.69. The maximum Gasteiger partial charge on any atom is 0.407 e. The van der Waals surface area contributed by atoms with Gasteiger partial charge >= 0.3 is 12.1 Å². The molecule has 0 aliphatic rings. The molecule has 0 heterocycles. The number of phenolic OH excluding ortho intramolecular Hbond substituents is 1. The summed E-state index contributed by atoms with van der Waals surface area (Å²) in [6, 6.07) is 6.22. The van der Waals surface area contributed by atoms with Crippen LogP contribution in [-0.4, -0.2) is 33.9 Å². The summed E-state index contributed by atoms with van der Waals surface area (Å²) in [5.41, 5.74) is 0.271. The van der Waals surface area contributed by atoms with Gasteiger partial charge in [0.25, 0.3) is 0 Å². The van der Waals surface area contributed by atoms with E-state index in [4.69, 9.17) is 9.84 Å². The van der Waals surface area contributed by atoms with Crippen LogP contribution < -0.4 is 5.32 Å². The van der Waals surface area contributed by atoms with Crippen LogP contribution in [0.2, 0.25) is 0 Å². The predicted molar refractivity (Wildman–Crippen MR) is 86.4 cm³/mol. The summed E-state index contributed by atoms with van der Waals surface area (Å²) >= 11 is 0. The third-order valence-corrected chi connectivity index (χ3v) is 3.20. The summed E-state index contributed by atoms with van der Waals surface area (Å²) < 4.78 is 5.23. The highest BCUT2D eigenvalue weighted by Crippen LogP contribution is 2.16. The third kappa shape index (κ3) is 7.54. The minimum Gasteiger partial charge on any atom is -0.508 e. The molecule has 0 bridgehead atoms. The number of carboxylic acid groups (broad SMARTS) is 1. The summed E-state index contributed by atoms with van der Waals surface area (Å²) in [7, 11) is 0. The lowest BCUT2D eigenvalue weighted by atomic mass is 9.96. The van der Waals surface area contributed by atoms with Gasteiger partial charge in [-0.15, -0.1) is 0 Å². The number of hydrogen-bond acceptors (Lipinski definition) is 4. The average molecular weight is 323 g/mol. The number of rotatable bonds is 6. The molecule has 0 fully saturated rings. The molecule has 1 aromatic carbocycles. The molecule has 23 heavy (non-hydrogen) atoms. The molecule has 1 rings (SSSR count). The van der Waals surface area contributed by atoms with Crippen molar-refractivity contribution in [2.45, 2.75) is 52.2 Å². The molecule has 0 saturated carbocycles. The fourth-order valence-electron chi connectivity index (χ4n) is 2.11. The first-order valence-corrected chi connectivity index (χ1v) is 7.57. The van der Waals surface area contributed by atoms with Crippen molar-refractivity contribution in [2.75, 3.05) is 0 Å². The second kappa shape index (κ2) is 7.85. The zero-order valence-corrected chi connectivity index (χ0v) is 14.0. The van der Waals surface area contributed by atoms with Gasteiger partial charge in [0, 0.05) is 6.04 Å². The van der Waals surface area contributed by atoms with Crippen molar-refractivity contribution in [3.05, 3.63) is 29.8 Å². The van der Waals surface area contributed by atoms with E-state index >= 15 is 0 Å². The van der Waals surface area contributed by atoms with E-state index in [0.717, 1.165) is 5.56 Å². The SMILES string of the molecule is C[C@H](C[C@H](Cc1ccc(O)cc1)NC(=O)OC(C)(C)C)C(=O)O. The molecular formula is C17H25NO5. The first-order chi connectivity index (χ1) is 10.6. The Kier molecular flexibility index (Phi) is 6.42. The van der Waals surface area contributed by atoms with Crippen molar-refractivity contribution in [3.63, 3.8) is 0 Å². The Labute approximate surface area is 136 Å². The van der Waals surface area contributed by atoms with Gasteiger partial charge in [-0.2, -0.15) is 0 Å². The van der Waals surface area contributed by atoms with Gasteiger partial charge in [0.15, 0.2) is 0 Å². The first-order valence-electron chi connectivity index (χ1n) is 7.57. The third-order valence-electron chi connectivity index (χ3n) is 3.20. The maximum absolute atomic E-state index is 11.9. The van der Waals surface area contributed by atoms with Crippen LogP contribution in [0.5, 0.6) is 5.75 Å². The number of benzene rings is 1. The molecular weight excluding hydrogens is 298 g/mol. The molecule has 6 heteroatoms. The summed E-state index contributed by atoms with van der Waals surface area (Å²) in [6.45, 7) is 6.90. The highest BCUT2D eigenvalue weighted by Gasteiger charge is 2.23. The Bertz CT molecular complexity index is 533. The van der Waals surface area contributed by atoms with Gasteiger partial charge in [0.1, 0.15) is 11.4 Å². The Morgan fingerprint density at radius 3 is 2.26 bits per heavy atom. The summed E-state index contributed by atoms with van der Waals surface area (Å²) in [4.78, 5) is 23.0. The lowest BCUT2D eigenvalue weighted by Gasteiger charge is -2.24. The number of aliphatic carboxylic acids is 1. The Hall–Kier alpha value is -2.24. The number of amides is 1. The Morgan fingerprint density at radius 1 is 1.22 bits per heavy atom. The molecule has 0 aliphatic carbocycles. The van der Waals surface area contributed by atoms with E-state index in [-0.39, 0.29) is 18.2 Å². The number of ether oxygens (including phenoxy) is 1. The van der Waals surface area contributed by atoms with Crippen LogP contribution in [0.25, 0.3) is 0 Å².